The van der Waals surface area contributed by atoms with Crippen LogP contribution in [-0.2, 0) is 4.79 Å². The topological polar surface area (TPSA) is 58.4 Å². The Labute approximate surface area is 105 Å². The minimum absolute atomic E-state index is 0.248. The molecule has 0 aromatic heterocycles. The Morgan fingerprint density at radius 3 is 2.59 bits per heavy atom. The molecule has 0 aromatic rings. The number of hydrogen-bond donors (Lipinski definition) is 2. The first-order valence-electron chi connectivity index (χ1n) is 6.67. The Morgan fingerprint density at radius 1 is 1.59 bits per heavy atom. The molecule has 0 bridgehead atoms. The maximum atomic E-state index is 11.6. The van der Waals surface area contributed by atoms with E-state index in [1.54, 1.807) is 0 Å². The molecule has 4 heteroatoms. The Bertz CT molecular complexity index is 265. The second kappa shape index (κ2) is 5.83. The zero-order valence-electron chi connectivity index (χ0n) is 11.6. The average molecular weight is 241 g/mol. The molecule has 17 heavy (non-hydrogen) atoms. The number of rotatable bonds is 8. The highest BCUT2D eigenvalue weighted by Crippen LogP contribution is 2.29. The van der Waals surface area contributed by atoms with E-state index in [4.69, 9.17) is 5.73 Å². The standard InChI is InChI=1S/C13H27N3O/c1-5-8-15-13(3,12(14)17)9-10(2)16(4)11-6-7-11/h10-11,15H,5-9H2,1-4H3,(H2,14,17). The molecule has 1 amide bonds. The van der Waals surface area contributed by atoms with Crippen LogP contribution in [-0.4, -0.2) is 42.0 Å². The normalized spacial score (nSPS) is 21.2. The van der Waals surface area contributed by atoms with Crippen molar-refractivity contribution in [2.45, 2.75) is 64.1 Å². The van der Waals surface area contributed by atoms with E-state index in [0.717, 1.165) is 19.4 Å². The quantitative estimate of drug-likeness (QED) is 0.669. The van der Waals surface area contributed by atoms with Crippen LogP contribution in [0.2, 0.25) is 0 Å². The van der Waals surface area contributed by atoms with Gasteiger partial charge >= 0.3 is 0 Å². The number of amides is 1. The number of nitrogens with zero attached hydrogens (tertiary/aromatic N) is 1. The van der Waals surface area contributed by atoms with E-state index in [1.165, 1.54) is 12.8 Å². The number of carbonyl (C=O) groups excluding carboxylic acids is 1. The Hall–Kier alpha value is -0.610. The fraction of sp³-hybridized carbons (Fsp3) is 0.923. The van der Waals surface area contributed by atoms with Crippen LogP contribution in [0.5, 0.6) is 0 Å². The van der Waals surface area contributed by atoms with Crippen molar-refractivity contribution in [3.63, 3.8) is 0 Å². The minimum Gasteiger partial charge on any atom is -0.368 e. The third kappa shape index (κ3) is 3.96. The van der Waals surface area contributed by atoms with Gasteiger partial charge in [-0.1, -0.05) is 6.92 Å². The number of carbonyl (C=O) groups is 1. The summed E-state index contributed by atoms with van der Waals surface area (Å²) in [4.78, 5) is 14.0. The summed E-state index contributed by atoms with van der Waals surface area (Å²) in [5.74, 6) is -0.248. The first kappa shape index (κ1) is 14.5. The Balaban J connectivity index is 2.55. The predicted molar refractivity (Wildman–Crippen MR) is 70.8 cm³/mol. The van der Waals surface area contributed by atoms with Gasteiger partial charge in [0.15, 0.2) is 0 Å². The SMILES string of the molecule is CCCNC(C)(CC(C)N(C)C1CC1)C(N)=O. The van der Waals surface area contributed by atoms with Gasteiger partial charge in [0.05, 0.1) is 5.54 Å². The maximum absolute atomic E-state index is 11.6. The number of primary amides is 1. The summed E-state index contributed by atoms with van der Waals surface area (Å²) >= 11 is 0. The van der Waals surface area contributed by atoms with Crippen LogP contribution in [0, 0.1) is 0 Å². The van der Waals surface area contributed by atoms with Gasteiger partial charge in [0.1, 0.15) is 0 Å². The highest BCUT2D eigenvalue weighted by Gasteiger charge is 2.36. The van der Waals surface area contributed by atoms with Crippen molar-refractivity contribution in [1.29, 1.82) is 0 Å². The third-order valence-electron chi connectivity index (χ3n) is 3.83. The lowest BCUT2D eigenvalue weighted by Crippen LogP contribution is -2.56. The molecule has 2 unspecified atom stereocenters. The van der Waals surface area contributed by atoms with Crippen LogP contribution in [0.3, 0.4) is 0 Å². The highest BCUT2D eigenvalue weighted by atomic mass is 16.1. The second-order valence-electron chi connectivity index (χ2n) is 5.57. The summed E-state index contributed by atoms with van der Waals surface area (Å²) < 4.78 is 0. The van der Waals surface area contributed by atoms with Gasteiger partial charge in [0, 0.05) is 12.1 Å². The molecule has 100 valence electrons. The molecule has 1 rings (SSSR count). The largest absolute Gasteiger partial charge is 0.368 e. The molecule has 0 aliphatic heterocycles. The van der Waals surface area contributed by atoms with Crippen molar-refractivity contribution in [3.05, 3.63) is 0 Å². The monoisotopic (exact) mass is 241 g/mol. The van der Waals surface area contributed by atoms with E-state index >= 15 is 0 Å². The summed E-state index contributed by atoms with van der Waals surface area (Å²) in [6.07, 6.45) is 4.36. The number of nitrogens with one attached hydrogen (secondary N) is 1. The molecular weight excluding hydrogens is 214 g/mol. The van der Waals surface area contributed by atoms with Crippen LogP contribution < -0.4 is 11.1 Å². The van der Waals surface area contributed by atoms with Crippen molar-refractivity contribution >= 4 is 5.91 Å². The molecule has 0 saturated heterocycles. The first-order valence-corrected chi connectivity index (χ1v) is 6.67. The van der Waals surface area contributed by atoms with Crippen molar-refractivity contribution < 1.29 is 4.79 Å². The van der Waals surface area contributed by atoms with Crippen molar-refractivity contribution in [1.82, 2.24) is 10.2 Å². The zero-order chi connectivity index (χ0) is 13.1. The summed E-state index contributed by atoms with van der Waals surface area (Å²) in [6, 6.07) is 1.10. The molecular formula is C13H27N3O. The third-order valence-corrected chi connectivity index (χ3v) is 3.83. The maximum Gasteiger partial charge on any atom is 0.237 e. The second-order valence-corrected chi connectivity index (χ2v) is 5.57. The molecule has 1 saturated carbocycles. The van der Waals surface area contributed by atoms with E-state index in [9.17, 15) is 4.79 Å². The summed E-state index contributed by atoms with van der Waals surface area (Å²) in [5.41, 5.74) is 4.95. The average Bonchev–Trinajstić information content (AvgIpc) is 3.08. The van der Waals surface area contributed by atoms with Crippen LogP contribution >= 0.6 is 0 Å². The van der Waals surface area contributed by atoms with Crippen molar-refractivity contribution in [2.24, 2.45) is 5.73 Å². The van der Waals surface area contributed by atoms with E-state index < -0.39 is 5.54 Å². The van der Waals surface area contributed by atoms with Gasteiger partial charge in [-0.3, -0.25) is 4.79 Å². The Morgan fingerprint density at radius 2 is 2.18 bits per heavy atom. The van der Waals surface area contributed by atoms with Crippen molar-refractivity contribution in [2.75, 3.05) is 13.6 Å². The molecule has 2 atom stereocenters. The number of hydrogen-bond acceptors (Lipinski definition) is 3. The summed E-state index contributed by atoms with van der Waals surface area (Å²) in [6.45, 7) is 7.02. The Kier molecular flexibility index (Phi) is 4.95. The summed E-state index contributed by atoms with van der Waals surface area (Å²) in [7, 11) is 2.14. The van der Waals surface area contributed by atoms with E-state index in [-0.39, 0.29) is 5.91 Å². The lowest BCUT2D eigenvalue weighted by atomic mass is 9.92. The lowest BCUT2D eigenvalue weighted by molar-refractivity contribution is -0.124. The molecule has 0 spiro atoms. The molecule has 0 radical (unpaired) electrons. The van der Waals surface area contributed by atoms with E-state index in [2.05, 4.69) is 31.1 Å². The van der Waals surface area contributed by atoms with Gasteiger partial charge in [0.25, 0.3) is 0 Å². The molecule has 1 aliphatic carbocycles. The first-order chi connectivity index (χ1) is 7.90. The van der Waals surface area contributed by atoms with E-state index in [0.29, 0.717) is 12.1 Å². The number of nitrogens with two attached hydrogens (primary N) is 1. The molecule has 0 heterocycles. The van der Waals surface area contributed by atoms with Crippen LogP contribution in [0.15, 0.2) is 0 Å². The van der Waals surface area contributed by atoms with Gasteiger partial charge in [-0.25, -0.2) is 0 Å². The van der Waals surface area contributed by atoms with Crippen molar-refractivity contribution in [3.8, 4) is 0 Å². The predicted octanol–water partition coefficient (Wildman–Crippen LogP) is 1.10. The minimum atomic E-state index is -0.585. The molecule has 0 aromatic carbocycles. The van der Waals surface area contributed by atoms with Crippen LogP contribution in [0.4, 0.5) is 0 Å². The smallest absolute Gasteiger partial charge is 0.237 e. The summed E-state index contributed by atoms with van der Waals surface area (Å²) in [5, 5.41) is 3.29. The van der Waals surface area contributed by atoms with E-state index in [1.807, 2.05) is 6.92 Å². The van der Waals surface area contributed by atoms with Gasteiger partial charge in [-0.2, -0.15) is 0 Å². The molecule has 1 aliphatic rings. The lowest BCUT2D eigenvalue weighted by Gasteiger charge is -2.34. The van der Waals surface area contributed by atoms with Crippen LogP contribution in [0.25, 0.3) is 0 Å². The fourth-order valence-electron chi connectivity index (χ4n) is 2.24. The van der Waals surface area contributed by atoms with Gasteiger partial charge < -0.3 is 16.0 Å². The van der Waals surface area contributed by atoms with Crippen LogP contribution in [0.1, 0.15) is 46.5 Å². The highest BCUT2D eigenvalue weighted by molar-refractivity contribution is 5.84. The zero-order valence-corrected chi connectivity index (χ0v) is 11.6. The molecule has 4 nitrogen and oxygen atoms in total. The van der Waals surface area contributed by atoms with Gasteiger partial charge in [0.2, 0.25) is 5.91 Å². The molecule has 1 fully saturated rings. The van der Waals surface area contributed by atoms with Gasteiger partial charge in [-0.15, -0.1) is 0 Å². The van der Waals surface area contributed by atoms with Gasteiger partial charge in [-0.05, 0) is 53.1 Å². The molecule has 3 N–H and O–H groups in total. The fourth-order valence-corrected chi connectivity index (χ4v) is 2.24.